The highest BCUT2D eigenvalue weighted by molar-refractivity contribution is 5.85. The zero-order valence-corrected chi connectivity index (χ0v) is 18.7. The number of carbonyl (C=O) groups excluding carboxylic acids is 1. The molecule has 168 valence electrons. The van der Waals surface area contributed by atoms with Crippen LogP contribution in [0.5, 0.6) is 5.75 Å². The molecule has 5 nitrogen and oxygen atoms in total. The Morgan fingerprint density at radius 3 is 2.10 bits per heavy atom. The Hall–Kier alpha value is -2.82. The second-order valence-electron chi connectivity index (χ2n) is 7.70. The summed E-state index contributed by atoms with van der Waals surface area (Å²) in [6.45, 7) is 2.98. The highest BCUT2D eigenvalue weighted by Crippen LogP contribution is 2.17. The number of oxime groups is 1. The van der Waals surface area contributed by atoms with Crippen molar-refractivity contribution in [1.82, 2.24) is 0 Å². The first kappa shape index (κ1) is 24.4. The number of hydrogen-bond acceptors (Lipinski definition) is 4. The smallest absolute Gasteiger partial charge is 0.437 e. The maximum absolute atomic E-state index is 11.8. The van der Waals surface area contributed by atoms with Crippen molar-refractivity contribution in [3.63, 3.8) is 0 Å². The van der Waals surface area contributed by atoms with Crippen LogP contribution in [0.4, 0.5) is 10.5 Å². The van der Waals surface area contributed by atoms with E-state index in [0.29, 0.717) is 5.69 Å². The van der Waals surface area contributed by atoms with Crippen LogP contribution in [0.3, 0.4) is 0 Å². The molecule has 0 saturated heterocycles. The molecule has 1 N–H and O–H groups in total. The van der Waals surface area contributed by atoms with Crippen LogP contribution in [0.15, 0.2) is 59.8 Å². The Morgan fingerprint density at radius 1 is 0.839 bits per heavy atom. The average molecular weight is 425 g/mol. The van der Waals surface area contributed by atoms with Crippen molar-refractivity contribution in [3.8, 4) is 5.75 Å². The van der Waals surface area contributed by atoms with Crippen LogP contribution in [0, 0.1) is 0 Å². The van der Waals surface area contributed by atoms with E-state index in [1.165, 1.54) is 64.0 Å². The molecule has 31 heavy (non-hydrogen) atoms. The molecular formula is C26H36N2O3. The molecule has 0 unspecified atom stereocenters. The number of ether oxygens (including phenoxy) is 1. The van der Waals surface area contributed by atoms with Gasteiger partial charge in [-0.25, -0.2) is 4.79 Å². The summed E-state index contributed by atoms with van der Waals surface area (Å²) in [6.07, 6.45) is 14.0. The van der Waals surface area contributed by atoms with Gasteiger partial charge in [0.2, 0.25) is 0 Å². The van der Waals surface area contributed by atoms with Crippen molar-refractivity contribution in [1.29, 1.82) is 0 Å². The van der Waals surface area contributed by atoms with Gasteiger partial charge in [-0.2, -0.15) is 0 Å². The van der Waals surface area contributed by atoms with Gasteiger partial charge in [-0.15, -0.1) is 0 Å². The Bertz CT molecular complexity index is 745. The number of hydrogen-bond donors (Lipinski definition) is 1. The number of anilines is 1. The number of carbonyl (C=O) groups is 1. The Morgan fingerprint density at radius 2 is 1.45 bits per heavy atom. The van der Waals surface area contributed by atoms with Gasteiger partial charge in [0, 0.05) is 5.69 Å². The van der Waals surface area contributed by atoms with E-state index >= 15 is 0 Å². The Balaban J connectivity index is 1.52. The summed E-state index contributed by atoms with van der Waals surface area (Å²) in [4.78, 5) is 16.6. The average Bonchev–Trinajstić information content (AvgIpc) is 2.79. The van der Waals surface area contributed by atoms with Gasteiger partial charge in [0.05, 0.1) is 12.8 Å². The predicted octanol–water partition coefficient (Wildman–Crippen LogP) is 7.57. The molecule has 0 saturated carbocycles. The second-order valence-corrected chi connectivity index (χ2v) is 7.70. The highest BCUT2D eigenvalue weighted by Gasteiger charge is 2.03. The van der Waals surface area contributed by atoms with Gasteiger partial charge in [0.25, 0.3) is 0 Å². The van der Waals surface area contributed by atoms with E-state index in [2.05, 4.69) is 17.4 Å². The largest absolute Gasteiger partial charge is 0.494 e. The minimum absolute atomic E-state index is 0.631. The second kappa shape index (κ2) is 15.9. The summed E-state index contributed by atoms with van der Waals surface area (Å²) in [5.41, 5.74) is 1.49. The molecule has 0 aliphatic carbocycles. The SMILES string of the molecule is CCCCCCCCCCCCOc1ccc(NC(=O)O/N=C/c2ccccc2)cc1. The van der Waals surface area contributed by atoms with Crippen molar-refractivity contribution in [2.45, 2.75) is 71.1 Å². The standard InChI is InChI=1S/C26H36N2O3/c1-2-3-4-5-6-7-8-9-10-14-21-30-25-19-17-24(18-20-25)28-26(29)31-27-22-23-15-12-11-13-16-23/h11-13,15-20,22H,2-10,14,21H2,1H3,(H,28,29)/b27-22+. The molecule has 2 rings (SSSR count). The minimum Gasteiger partial charge on any atom is -0.494 e. The van der Waals surface area contributed by atoms with Gasteiger partial charge in [0.1, 0.15) is 5.75 Å². The molecule has 2 aromatic carbocycles. The lowest BCUT2D eigenvalue weighted by Crippen LogP contribution is -2.10. The molecule has 0 radical (unpaired) electrons. The molecule has 0 fully saturated rings. The van der Waals surface area contributed by atoms with Gasteiger partial charge in [-0.05, 0) is 36.2 Å². The third-order valence-electron chi connectivity index (χ3n) is 5.00. The van der Waals surface area contributed by atoms with E-state index in [1.807, 2.05) is 42.5 Å². The van der Waals surface area contributed by atoms with Crippen LogP contribution in [0.1, 0.15) is 76.7 Å². The zero-order chi connectivity index (χ0) is 22.0. The summed E-state index contributed by atoms with van der Waals surface area (Å²) in [5, 5.41) is 6.32. The molecule has 5 heteroatoms. The third-order valence-corrected chi connectivity index (χ3v) is 5.00. The normalized spacial score (nSPS) is 10.9. The number of rotatable bonds is 15. The number of nitrogens with zero attached hydrogens (tertiary/aromatic N) is 1. The molecule has 0 aromatic heterocycles. The first-order chi connectivity index (χ1) is 15.3. The zero-order valence-electron chi connectivity index (χ0n) is 18.7. The van der Waals surface area contributed by atoms with E-state index in [1.54, 1.807) is 12.1 Å². The lowest BCUT2D eigenvalue weighted by Gasteiger charge is -2.08. The molecule has 0 heterocycles. The molecule has 1 amide bonds. The number of unbranched alkanes of at least 4 members (excludes halogenated alkanes) is 9. The molecule has 2 aromatic rings. The van der Waals surface area contributed by atoms with Crippen LogP contribution < -0.4 is 10.1 Å². The van der Waals surface area contributed by atoms with Crippen molar-refractivity contribution < 1.29 is 14.4 Å². The van der Waals surface area contributed by atoms with Crippen LogP contribution >= 0.6 is 0 Å². The van der Waals surface area contributed by atoms with Crippen molar-refractivity contribution in [2.24, 2.45) is 5.16 Å². The third kappa shape index (κ3) is 11.8. The maximum Gasteiger partial charge on any atom is 0.437 e. The highest BCUT2D eigenvalue weighted by atomic mass is 16.7. The van der Waals surface area contributed by atoms with Crippen LogP contribution in [0.25, 0.3) is 0 Å². The Labute approximate surface area is 186 Å². The van der Waals surface area contributed by atoms with E-state index in [-0.39, 0.29) is 0 Å². The fourth-order valence-electron chi connectivity index (χ4n) is 3.23. The molecule has 0 atom stereocenters. The molecule has 0 bridgehead atoms. The molecule has 0 aliphatic rings. The van der Waals surface area contributed by atoms with Gasteiger partial charge in [0.15, 0.2) is 0 Å². The quantitative estimate of drug-likeness (QED) is 0.139. The van der Waals surface area contributed by atoms with Crippen LogP contribution in [-0.2, 0) is 4.84 Å². The lowest BCUT2D eigenvalue weighted by atomic mass is 10.1. The van der Waals surface area contributed by atoms with Crippen molar-refractivity contribution in [2.75, 3.05) is 11.9 Å². The van der Waals surface area contributed by atoms with Crippen LogP contribution in [-0.4, -0.2) is 18.9 Å². The van der Waals surface area contributed by atoms with Crippen molar-refractivity contribution >= 4 is 18.0 Å². The molecule has 0 spiro atoms. The van der Waals surface area contributed by atoms with Gasteiger partial charge >= 0.3 is 6.09 Å². The number of amides is 1. The number of benzene rings is 2. The number of nitrogens with one attached hydrogen (secondary N) is 1. The summed E-state index contributed by atoms with van der Waals surface area (Å²) < 4.78 is 5.78. The first-order valence-corrected chi connectivity index (χ1v) is 11.6. The predicted molar refractivity (Wildman–Crippen MR) is 128 cm³/mol. The molecular weight excluding hydrogens is 388 g/mol. The summed E-state index contributed by atoms with van der Waals surface area (Å²) >= 11 is 0. The van der Waals surface area contributed by atoms with Crippen molar-refractivity contribution in [3.05, 3.63) is 60.2 Å². The lowest BCUT2D eigenvalue weighted by molar-refractivity contribution is 0.167. The van der Waals surface area contributed by atoms with E-state index < -0.39 is 6.09 Å². The van der Waals surface area contributed by atoms with Gasteiger partial charge in [-0.1, -0.05) is 100 Å². The molecule has 0 aliphatic heterocycles. The summed E-state index contributed by atoms with van der Waals surface area (Å²) in [7, 11) is 0. The first-order valence-electron chi connectivity index (χ1n) is 11.6. The maximum atomic E-state index is 11.8. The summed E-state index contributed by atoms with van der Waals surface area (Å²) in [5.74, 6) is 0.803. The van der Waals surface area contributed by atoms with E-state index in [4.69, 9.17) is 9.57 Å². The van der Waals surface area contributed by atoms with Crippen LogP contribution in [0.2, 0.25) is 0 Å². The topological polar surface area (TPSA) is 59.9 Å². The van der Waals surface area contributed by atoms with E-state index in [9.17, 15) is 4.79 Å². The van der Waals surface area contributed by atoms with E-state index in [0.717, 1.165) is 24.3 Å². The van der Waals surface area contributed by atoms with Gasteiger partial charge in [-0.3, -0.25) is 10.2 Å². The fourth-order valence-corrected chi connectivity index (χ4v) is 3.23. The Kier molecular flexibility index (Phi) is 12.6. The minimum atomic E-state index is -0.633. The summed E-state index contributed by atoms with van der Waals surface area (Å²) in [6, 6.07) is 16.7. The van der Waals surface area contributed by atoms with Gasteiger partial charge < -0.3 is 4.74 Å². The fraction of sp³-hybridized carbons (Fsp3) is 0.462. The monoisotopic (exact) mass is 424 g/mol.